The van der Waals surface area contributed by atoms with E-state index in [4.69, 9.17) is 28.6 Å². The van der Waals surface area contributed by atoms with Crippen molar-refractivity contribution in [3.63, 3.8) is 0 Å². The van der Waals surface area contributed by atoms with Gasteiger partial charge in [-0.25, -0.2) is 0 Å². The third kappa shape index (κ3) is 3.59. The molecule has 0 bridgehead atoms. The van der Waals surface area contributed by atoms with Crippen LogP contribution >= 0.6 is 23.8 Å². The molecule has 19 heavy (non-hydrogen) atoms. The number of hydrogen-bond acceptors (Lipinski definition) is 2. The molecule has 1 aliphatic rings. The lowest BCUT2D eigenvalue weighted by molar-refractivity contribution is -0.0473. The molecule has 2 atom stereocenters. The van der Waals surface area contributed by atoms with Crippen LogP contribution in [-0.4, -0.2) is 35.3 Å². The van der Waals surface area contributed by atoms with E-state index in [-0.39, 0.29) is 12.2 Å². The smallest absolute Gasteiger partial charge is 0.173 e. The van der Waals surface area contributed by atoms with E-state index in [0.717, 1.165) is 34.5 Å². The number of nitrogens with one attached hydrogen (secondary N) is 1. The highest BCUT2D eigenvalue weighted by Crippen LogP contribution is 2.23. The van der Waals surface area contributed by atoms with E-state index in [1.165, 1.54) is 0 Å². The molecule has 1 aromatic carbocycles. The van der Waals surface area contributed by atoms with Gasteiger partial charge in [0.1, 0.15) is 0 Å². The molecule has 0 spiro atoms. The Morgan fingerprint density at radius 1 is 1.37 bits per heavy atom. The molecule has 0 radical (unpaired) electrons. The Labute approximate surface area is 124 Å². The lowest BCUT2D eigenvalue weighted by Crippen LogP contribution is -2.49. The Balaban J connectivity index is 2.06. The van der Waals surface area contributed by atoms with Crippen LogP contribution in [-0.2, 0) is 4.74 Å². The zero-order valence-electron chi connectivity index (χ0n) is 11.4. The van der Waals surface area contributed by atoms with Crippen molar-refractivity contribution in [2.45, 2.75) is 33.0 Å². The third-order valence-corrected chi connectivity index (χ3v) is 3.99. The number of ether oxygens (including phenoxy) is 1. The number of rotatable bonds is 1. The van der Waals surface area contributed by atoms with E-state index in [1.54, 1.807) is 0 Å². The third-order valence-electron chi connectivity index (χ3n) is 3.22. The lowest BCUT2D eigenvalue weighted by Gasteiger charge is -2.37. The van der Waals surface area contributed by atoms with Crippen LogP contribution in [0.1, 0.15) is 19.4 Å². The van der Waals surface area contributed by atoms with Crippen LogP contribution in [0.15, 0.2) is 18.2 Å². The quantitative estimate of drug-likeness (QED) is 0.803. The summed E-state index contributed by atoms with van der Waals surface area (Å²) in [5.74, 6) is 0. The fraction of sp³-hybridized carbons (Fsp3) is 0.500. The molecule has 2 rings (SSSR count). The first-order chi connectivity index (χ1) is 8.97. The van der Waals surface area contributed by atoms with Gasteiger partial charge in [-0.05, 0) is 50.7 Å². The van der Waals surface area contributed by atoms with Crippen LogP contribution in [0.5, 0.6) is 0 Å². The van der Waals surface area contributed by atoms with Crippen molar-refractivity contribution in [3.05, 3.63) is 28.8 Å². The van der Waals surface area contributed by atoms with Gasteiger partial charge in [0.05, 0.1) is 12.2 Å². The molecule has 0 amide bonds. The molecule has 5 heteroatoms. The van der Waals surface area contributed by atoms with Crippen molar-refractivity contribution in [2.24, 2.45) is 0 Å². The molecule has 1 fully saturated rings. The van der Waals surface area contributed by atoms with Gasteiger partial charge >= 0.3 is 0 Å². The van der Waals surface area contributed by atoms with Crippen LogP contribution in [0, 0.1) is 6.92 Å². The second-order valence-electron chi connectivity index (χ2n) is 5.00. The van der Waals surface area contributed by atoms with Gasteiger partial charge in [0.2, 0.25) is 0 Å². The molecule has 0 aliphatic carbocycles. The van der Waals surface area contributed by atoms with Crippen molar-refractivity contribution in [1.29, 1.82) is 0 Å². The van der Waals surface area contributed by atoms with E-state index < -0.39 is 0 Å². The lowest BCUT2D eigenvalue weighted by atomic mass is 10.2. The highest BCUT2D eigenvalue weighted by Gasteiger charge is 2.24. The van der Waals surface area contributed by atoms with Gasteiger partial charge < -0.3 is 15.0 Å². The normalized spacial score (nSPS) is 23.3. The average Bonchev–Trinajstić information content (AvgIpc) is 2.33. The number of nitrogens with zero attached hydrogens (tertiary/aromatic N) is 1. The Kier molecular flexibility index (Phi) is 4.66. The minimum Gasteiger partial charge on any atom is -0.372 e. The van der Waals surface area contributed by atoms with Crippen molar-refractivity contribution >= 4 is 34.6 Å². The minimum atomic E-state index is 0.198. The second-order valence-corrected chi connectivity index (χ2v) is 5.80. The molecule has 1 aliphatic heterocycles. The molecule has 0 unspecified atom stereocenters. The molecule has 3 nitrogen and oxygen atoms in total. The molecular weight excluding hydrogens is 280 g/mol. The van der Waals surface area contributed by atoms with Crippen molar-refractivity contribution < 1.29 is 4.74 Å². The molecule has 0 aromatic heterocycles. The van der Waals surface area contributed by atoms with Gasteiger partial charge in [-0.15, -0.1) is 0 Å². The molecular formula is C14H19ClN2OS. The van der Waals surface area contributed by atoms with Gasteiger partial charge in [-0.2, -0.15) is 0 Å². The largest absolute Gasteiger partial charge is 0.372 e. The summed E-state index contributed by atoms with van der Waals surface area (Å²) < 4.78 is 5.71. The first kappa shape index (κ1) is 14.6. The first-order valence-electron chi connectivity index (χ1n) is 6.44. The first-order valence-corrected chi connectivity index (χ1v) is 7.22. The zero-order chi connectivity index (χ0) is 14.0. The summed E-state index contributed by atoms with van der Waals surface area (Å²) in [4.78, 5) is 2.15. The number of morpholine rings is 1. The molecule has 104 valence electrons. The predicted molar refractivity (Wildman–Crippen MR) is 84.0 cm³/mol. The summed E-state index contributed by atoms with van der Waals surface area (Å²) in [5, 5.41) is 4.76. The standard InChI is InChI=1S/C14H19ClN2OS/c1-9-7-17(8-10(2)18-9)14(19)16-13-6-4-5-12(15)11(13)3/h4-6,9-10H,7-8H2,1-3H3,(H,16,19)/t9-,10-/m1/s1. The molecule has 1 N–H and O–H groups in total. The van der Waals surface area contributed by atoms with E-state index in [0.29, 0.717) is 0 Å². The van der Waals surface area contributed by atoms with Crippen molar-refractivity contribution in [1.82, 2.24) is 4.90 Å². The maximum absolute atomic E-state index is 6.11. The zero-order valence-corrected chi connectivity index (χ0v) is 13.0. The van der Waals surface area contributed by atoms with Crippen LogP contribution < -0.4 is 5.32 Å². The van der Waals surface area contributed by atoms with Gasteiger partial charge in [-0.3, -0.25) is 0 Å². The minimum absolute atomic E-state index is 0.198. The van der Waals surface area contributed by atoms with E-state index in [1.807, 2.05) is 25.1 Å². The summed E-state index contributed by atoms with van der Waals surface area (Å²) in [6.07, 6.45) is 0.396. The summed E-state index contributed by atoms with van der Waals surface area (Å²) in [6, 6.07) is 5.79. The maximum atomic E-state index is 6.11. The highest BCUT2D eigenvalue weighted by atomic mass is 35.5. The molecule has 1 aromatic rings. The number of hydrogen-bond donors (Lipinski definition) is 1. The number of benzene rings is 1. The topological polar surface area (TPSA) is 24.5 Å². The maximum Gasteiger partial charge on any atom is 0.173 e. The van der Waals surface area contributed by atoms with Crippen LogP contribution in [0.25, 0.3) is 0 Å². The van der Waals surface area contributed by atoms with Crippen molar-refractivity contribution in [2.75, 3.05) is 18.4 Å². The Morgan fingerprint density at radius 2 is 2.00 bits per heavy atom. The molecule has 1 heterocycles. The highest BCUT2D eigenvalue weighted by molar-refractivity contribution is 7.80. The fourth-order valence-electron chi connectivity index (χ4n) is 2.28. The Hall–Kier alpha value is -0.840. The van der Waals surface area contributed by atoms with E-state index >= 15 is 0 Å². The summed E-state index contributed by atoms with van der Waals surface area (Å²) in [6.45, 7) is 7.75. The summed E-state index contributed by atoms with van der Waals surface area (Å²) in [7, 11) is 0. The van der Waals surface area contributed by atoms with E-state index in [2.05, 4.69) is 24.1 Å². The predicted octanol–water partition coefficient (Wildman–Crippen LogP) is 3.45. The number of halogens is 1. The monoisotopic (exact) mass is 298 g/mol. The van der Waals surface area contributed by atoms with Gasteiger partial charge in [0, 0.05) is 23.8 Å². The van der Waals surface area contributed by atoms with E-state index in [9.17, 15) is 0 Å². The number of anilines is 1. The van der Waals surface area contributed by atoms with Crippen LogP contribution in [0.4, 0.5) is 5.69 Å². The Bertz CT molecular complexity index is 471. The van der Waals surface area contributed by atoms with Gasteiger partial charge in [0.15, 0.2) is 5.11 Å². The number of thiocarbonyl (C=S) groups is 1. The fourth-order valence-corrected chi connectivity index (χ4v) is 2.71. The van der Waals surface area contributed by atoms with Gasteiger partial charge in [0.25, 0.3) is 0 Å². The van der Waals surface area contributed by atoms with Crippen molar-refractivity contribution in [3.8, 4) is 0 Å². The Morgan fingerprint density at radius 3 is 2.63 bits per heavy atom. The molecule has 0 saturated carbocycles. The summed E-state index contributed by atoms with van der Waals surface area (Å²) in [5.41, 5.74) is 1.98. The second kappa shape index (κ2) is 6.07. The van der Waals surface area contributed by atoms with Crippen LogP contribution in [0.2, 0.25) is 5.02 Å². The molecule has 1 saturated heterocycles. The summed E-state index contributed by atoms with van der Waals surface area (Å²) >= 11 is 11.6. The van der Waals surface area contributed by atoms with Gasteiger partial charge in [-0.1, -0.05) is 17.7 Å². The SMILES string of the molecule is Cc1c(Cl)cccc1NC(=S)N1C[C@@H](C)O[C@H](C)C1. The average molecular weight is 299 g/mol. The van der Waals surface area contributed by atoms with Crippen LogP contribution in [0.3, 0.4) is 0 Å².